The Labute approximate surface area is 178 Å². The van der Waals surface area contributed by atoms with Crippen molar-refractivity contribution >= 4 is 23.4 Å². The van der Waals surface area contributed by atoms with Crippen LogP contribution in [0.1, 0.15) is 63.2 Å². The molecule has 3 rings (SSSR count). The molecule has 0 saturated heterocycles. The molecule has 0 atom stereocenters. The Morgan fingerprint density at radius 1 is 1.13 bits per heavy atom. The van der Waals surface area contributed by atoms with Crippen molar-refractivity contribution in [3.63, 3.8) is 0 Å². The van der Waals surface area contributed by atoms with Gasteiger partial charge in [-0.1, -0.05) is 50.4 Å². The van der Waals surface area contributed by atoms with E-state index in [9.17, 15) is 9.59 Å². The van der Waals surface area contributed by atoms with Crippen molar-refractivity contribution in [3.8, 4) is 0 Å². The summed E-state index contributed by atoms with van der Waals surface area (Å²) in [5, 5.41) is 9.44. The second-order valence-electron chi connectivity index (χ2n) is 8.46. The fraction of sp³-hybridized carbons (Fsp3) is 0.522. The molecule has 1 aliphatic carbocycles. The minimum atomic E-state index is -0.288. The van der Waals surface area contributed by atoms with E-state index in [0.717, 1.165) is 18.5 Å². The first-order valence-electron chi connectivity index (χ1n) is 10.8. The number of amides is 3. The second kappa shape index (κ2) is 10.3. The Bertz CT molecular complexity index is 838. The quantitative estimate of drug-likeness (QED) is 0.657. The predicted octanol–water partition coefficient (Wildman–Crippen LogP) is 5.16. The highest BCUT2D eigenvalue weighted by molar-refractivity contribution is 5.96. The molecule has 1 heterocycles. The summed E-state index contributed by atoms with van der Waals surface area (Å²) in [6.45, 7) is 6.57. The minimum Gasteiger partial charge on any atom is -0.360 e. The van der Waals surface area contributed by atoms with Crippen LogP contribution in [-0.2, 0) is 4.79 Å². The lowest BCUT2D eigenvalue weighted by Crippen LogP contribution is -2.43. The number of aryl methyl sites for hydroxylation is 1. The molecule has 2 N–H and O–H groups in total. The van der Waals surface area contributed by atoms with Crippen LogP contribution in [-0.4, -0.2) is 35.1 Å². The van der Waals surface area contributed by atoms with Gasteiger partial charge in [0, 0.05) is 18.3 Å². The lowest BCUT2D eigenvalue weighted by Gasteiger charge is -2.29. The molecule has 0 bridgehead atoms. The number of carbonyl (C=O) groups excluding carboxylic acids is 2. The molecule has 1 aromatic carbocycles. The first-order valence-corrected chi connectivity index (χ1v) is 10.8. The number of nitrogens with one attached hydrogen (secondary N) is 2. The van der Waals surface area contributed by atoms with E-state index in [0.29, 0.717) is 30.0 Å². The highest BCUT2D eigenvalue weighted by atomic mass is 16.5. The van der Waals surface area contributed by atoms with Crippen molar-refractivity contribution in [3.05, 3.63) is 41.7 Å². The molecule has 3 amide bonds. The zero-order valence-corrected chi connectivity index (χ0v) is 18.1. The van der Waals surface area contributed by atoms with Gasteiger partial charge in [-0.3, -0.25) is 4.79 Å². The summed E-state index contributed by atoms with van der Waals surface area (Å²) in [6.07, 6.45) is 5.80. The second-order valence-corrected chi connectivity index (χ2v) is 8.46. The molecule has 162 valence electrons. The fourth-order valence-electron chi connectivity index (χ4n) is 3.84. The number of hydrogen-bond donors (Lipinski definition) is 2. The van der Waals surface area contributed by atoms with Crippen LogP contribution in [0.5, 0.6) is 0 Å². The van der Waals surface area contributed by atoms with Crippen LogP contribution >= 0.6 is 0 Å². The molecular formula is C23H32N4O3. The molecule has 30 heavy (non-hydrogen) atoms. The summed E-state index contributed by atoms with van der Waals surface area (Å²) in [5.41, 5.74) is 1.94. The van der Waals surface area contributed by atoms with Gasteiger partial charge >= 0.3 is 6.03 Å². The van der Waals surface area contributed by atoms with E-state index in [1.165, 1.54) is 24.8 Å². The first-order chi connectivity index (χ1) is 14.4. The van der Waals surface area contributed by atoms with Gasteiger partial charge in [-0.15, -0.1) is 0 Å². The lowest BCUT2D eigenvalue weighted by molar-refractivity contribution is -0.116. The van der Waals surface area contributed by atoms with Crippen LogP contribution in [0.2, 0.25) is 0 Å². The van der Waals surface area contributed by atoms with Gasteiger partial charge in [0.1, 0.15) is 12.3 Å². The molecular weight excluding hydrogens is 380 g/mol. The number of rotatable bonds is 7. The van der Waals surface area contributed by atoms with E-state index in [1.807, 2.05) is 24.3 Å². The molecule has 0 spiro atoms. The molecule has 0 unspecified atom stereocenters. The Kier molecular flexibility index (Phi) is 7.49. The Hall–Kier alpha value is -2.83. The Balaban J connectivity index is 1.65. The molecule has 1 aromatic heterocycles. The smallest absolute Gasteiger partial charge is 0.322 e. The normalized spacial score (nSPS) is 14.5. The van der Waals surface area contributed by atoms with E-state index in [4.69, 9.17) is 4.52 Å². The molecule has 7 nitrogen and oxygen atoms in total. The molecule has 1 fully saturated rings. The standard InChI is InChI=1S/C23H32N4O3/c1-16(2)19-9-11-20(12-10-19)24-23(29)27(14-18-7-5-4-6-8-18)15-22(28)25-21-13-17(3)30-26-21/h9-13,16,18H,4-8,14-15H2,1-3H3,(H,24,29)(H,25,26,28). The summed E-state index contributed by atoms with van der Waals surface area (Å²) >= 11 is 0. The number of anilines is 2. The lowest BCUT2D eigenvalue weighted by atomic mass is 9.89. The molecule has 1 aliphatic rings. The van der Waals surface area contributed by atoms with Gasteiger partial charge in [0.05, 0.1) is 0 Å². The van der Waals surface area contributed by atoms with Gasteiger partial charge in [-0.2, -0.15) is 0 Å². The van der Waals surface area contributed by atoms with E-state index >= 15 is 0 Å². The minimum absolute atomic E-state index is 0.0294. The molecule has 7 heteroatoms. The largest absolute Gasteiger partial charge is 0.360 e. The number of benzene rings is 1. The van der Waals surface area contributed by atoms with Crippen molar-refractivity contribution in [2.75, 3.05) is 23.7 Å². The number of nitrogens with zero attached hydrogens (tertiary/aromatic N) is 2. The third-order valence-corrected chi connectivity index (χ3v) is 5.55. The van der Waals surface area contributed by atoms with Crippen LogP contribution in [0, 0.1) is 12.8 Å². The average molecular weight is 413 g/mol. The van der Waals surface area contributed by atoms with Gasteiger partial charge in [-0.25, -0.2) is 4.79 Å². The zero-order chi connectivity index (χ0) is 21.5. The molecule has 2 aromatic rings. The molecule has 1 saturated carbocycles. The Morgan fingerprint density at radius 3 is 2.43 bits per heavy atom. The Morgan fingerprint density at radius 2 is 1.83 bits per heavy atom. The summed E-state index contributed by atoms with van der Waals surface area (Å²) in [4.78, 5) is 27.1. The summed E-state index contributed by atoms with van der Waals surface area (Å²) in [5.74, 6) is 1.55. The van der Waals surface area contributed by atoms with Crippen LogP contribution in [0.25, 0.3) is 0 Å². The van der Waals surface area contributed by atoms with Crippen molar-refractivity contribution in [1.82, 2.24) is 10.1 Å². The monoisotopic (exact) mass is 412 g/mol. The summed E-state index contributed by atoms with van der Waals surface area (Å²) in [7, 11) is 0. The summed E-state index contributed by atoms with van der Waals surface area (Å²) < 4.78 is 4.99. The van der Waals surface area contributed by atoms with Gasteiger partial charge in [0.25, 0.3) is 0 Å². The number of hydrogen-bond acceptors (Lipinski definition) is 4. The van der Waals surface area contributed by atoms with Gasteiger partial charge in [0.15, 0.2) is 5.82 Å². The summed E-state index contributed by atoms with van der Waals surface area (Å²) in [6, 6.07) is 9.25. The molecule has 0 radical (unpaired) electrons. The first kappa shape index (κ1) is 21.9. The van der Waals surface area contributed by atoms with E-state index in [-0.39, 0.29) is 18.5 Å². The predicted molar refractivity (Wildman–Crippen MR) is 118 cm³/mol. The third-order valence-electron chi connectivity index (χ3n) is 5.55. The fourth-order valence-corrected chi connectivity index (χ4v) is 3.84. The van der Waals surface area contributed by atoms with Gasteiger partial charge in [-0.05, 0) is 49.3 Å². The van der Waals surface area contributed by atoms with E-state index in [1.54, 1.807) is 17.9 Å². The topological polar surface area (TPSA) is 87.5 Å². The third kappa shape index (κ3) is 6.34. The highest BCUT2D eigenvalue weighted by Gasteiger charge is 2.23. The maximum absolute atomic E-state index is 13.0. The van der Waals surface area contributed by atoms with Crippen molar-refractivity contribution in [2.24, 2.45) is 5.92 Å². The number of aromatic nitrogens is 1. The average Bonchev–Trinajstić information content (AvgIpc) is 3.13. The maximum atomic E-state index is 13.0. The zero-order valence-electron chi connectivity index (χ0n) is 18.1. The van der Waals surface area contributed by atoms with Gasteiger partial charge in [0.2, 0.25) is 5.91 Å². The maximum Gasteiger partial charge on any atom is 0.322 e. The van der Waals surface area contributed by atoms with Crippen LogP contribution in [0.15, 0.2) is 34.9 Å². The van der Waals surface area contributed by atoms with Crippen LogP contribution < -0.4 is 10.6 Å². The SMILES string of the molecule is Cc1cc(NC(=O)CN(CC2CCCCC2)C(=O)Nc2ccc(C(C)C)cc2)no1. The van der Waals surface area contributed by atoms with Gasteiger partial charge < -0.3 is 20.1 Å². The van der Waals surface area contributed by atoms with Crippen LogP contribution in [0.4, 0.5) is 16.3 Å². The van der Waals surface area contributed by atoms with E-state index in [2.05, 4.69) is 29.6 Å². The van der Waals surface area contributed by atoms with Crippen molar-refractivity contribution < 1.29 is 14.1 Å². The van der Waals surface area contributed by atoms with Crippen molar-refractivity contribution in [1.29, 1.82) is 0 Å². The number of carbonyl (C=O) groups is 2. The molecule has 0 aliphatic heterocycles. The van der Waals surface area contributed by atoms with Crippen molar-refractivity contribution in [2.45, 2.75) is 58.8 Å². The number of urea groups is 1. The van der Waals surface area contributed by atoms with E-state index < -0.39 is 0 Å². The van der Waals surface area contributed by atoms with Crippen LogP contribution in [0.3, 0.4) is 0 Å². The highest BCUT2D eigenvalue weighted by Crippen LogP contribution is 2.25.